The minimum Gasteiger partial charge on any atom is -0.388 e. The van der Waals surface area contributed by atoms with E-state index in [0.717, 1.165) is 0 Å². The molecule has 1 aliphatic rings. The molecule has 1 heterocycles. The largest absolute Gasteiger partial charge is 0.388 e. The van der Waals surface area contributed by atoms with Crippen LogP contribution >= 0.6 is 24.0 Å². The van der Waals surface area contributed by atoms with Gasteiger partial charge in [-0.2, -0.15) is 0 Å². The molecular formula is C13H19Cl2NO2. The third-order valence-electron chi connectivity index (χ3n) is 3.70. The molecule has 0 radical (unpaired) electrons. The van der Waals surface area contributed by atoms with Gasteiger partial charge in [0.2, 0.25) is 0 Å². The molecule has 3 nitrogen and oxygen atoms in total. The molecule has 1 aliphatic heterocycles. The number of halogens is 2. The predicted octanol–water partition coefficient (Wildman–Crippen LogP) is 1.94. The maximum atomic E-state index is 10.9. The molecule has 1 fully saturated rings. The first-order valence-electron chi connectivity index (χ1n) is 5.75. The van der Waals surface area contributed by atoms with E-state index in [2.05, 4.69) is 5.32 Å². The Morgan fingerprint density at radius 3 is 2.33 bits per heavy atom. The van der Waals surface area contributed by atoms with Gasteiger partial charge in [-0.1, -0.05) is 37.6 Å². The molecule has 2 rings (SSSR count). The van der Waals surface area contributed by atoms with Crippen molar-refractivity contribution in [2.75, 3.05) is 13.1 Å². The fourth-order valence-corrected chi connectivity index (χ4v) is 2.67. The lowest BCUT2D eigenvalue weighted by atomic mass is 9.65. The normalized spacial score (nSPS) is 30.6. The molecule has 0 saturated carbocycles. The Morgan fingerprint density at radius 1 is 1.28 bits per heavy atom. The first-order chi connectivity index (χ1) is 7.88. The number of hydrogen-bond donors (Lipinski definition) is 3. The maximum Gasteiger partial charge on any atom is 0.123 e. The van der Waals surface area contributed by atoms with E-state index in [-0.39, 0.29) is 12.4 Å². The molecule has 3 N–H and O–H groups in total. The van der Waals surface area contributed by atoms with Crippen molar-refractivity contribution in [2.24, 2.45) is 5.41 Å². The summed E-state index contributed by atoms with van der Waals surface area (Å²) in [5.74, 6) is 0. The predicted molar refractivity (Wildman–Crippen MR) is 75.3 cm³/mol. The van der Waals surface area contributed by atoms with Crippen LogP contribution in [0.3, 0.4) is 0 Å². The van der Waals surface area contributed by atoms with Gasteiger partial charge in [-0.05, 0) is 17.7 Å². The molecule has 0 spiro atoms. The van der Waals surface area contributed by atoms with Crippen LogP contribution in [0.4, 0.5) is 0 Å². The van der Waals surface area contributed by atoms with Gasteiger partial charge in [0.15, 0.2) is 0 Å². The number of β-amino-alcohol motifs (C(OH)–C–C–N with tert-alkyl or cyclic N) is 1. The van der Waals surface area contributed by atoms with E-state index in [1.807, 2.05) is 13.8 Å². The minimum absolute atomic E-state index is 0. The van der Waals surface area contributed by atoms with Crippen molar-refractivity contribution < 1.29 is 10.2 Å². The molecule has 0 aliphatic carbocycles. The van der Waals surface area contributed by atoms with Crippen molar-refractivity contribution in [3.63, 3.8) is 0 Å². The fraction of sp³-hybridized carbons (Fsp3) is 0.538. The molecule has 18 heavy (non-hydrogen) atoms. The highest BCUT2D eigenvalue weighted by Gasteiger charge is 2.52. The quantitative estimate of drug-likeness (QED) is 0.741. The van der Waals surface area contributed by atoms with Gasteiger partial charge in [-0.3, -0.25) is 0 Å². The summed E-state index contributed by atoms with van der Waals surface area (Å²) in [4.78, 5) is 0. The molecule has 0 aromatic heterocycles. The van der Waals surface area contributed by atoms with Gasteiger partial charge in [-0.15, -0.1) is 12.4 Å². The molecule has 0 bridgehead atoms. The monoisotopic (exact) mass is 291 g/mol. The van der Waals surface area contributed by atoms with E-state index >= 15 is 0 Å². The number of piperidine rings is 1. The van der Waals surface area contributed by atoms with Gasteiger partial charge >= 0.3 is 0 Å². The summed E-state index contributed by atoms with van der Waals surface area (Å²) < 4.78 is 0. The first kappa shape index (κ1) is 15.7. The highest BCUT2D eigenvalue weighted by Crippen LogP contribution is 2.44. The van der Waals surface area contributed by atoms with Crippen LogP contribution in [0.5, 0.6) is 0 Å². The van der Waals surface area contributed by atoms with Crippen LogP contribution in [0.2, 0.25) is 5.02 Å². The Labute approximate surface area is 119 Å². The van der Waals surface area contributed by atoms with E-state index < -0.39 is 17.1 Å². The summed E-state index contributed by atoms with van der Waals surface area (Å²) in [5.41, 5.74) is -0.984. The van der Waals surface area contributed by atoms with Crippen LogP contribution in [-0.2, 0) is 5.60 Å². The van der Waals surface area contributed by atoms with Crippen molar-refractivity contribution in [1.82, 2.24) is 5.32 Å². The molecular weight excluding hydrogens is 273 g/mol. The summed E-state index contributed by atoms with van der Waals surface area (Å²) >= 11 is 5.85. The molecule has 0 amide bonds. The van der Waals surface area contributed by atoms with Crippen LogP contribution in [0.15, 0.2) is 24.3 Å². The summed E-state index contributed by atoms with van der Waals surface area (Å²) in [6, 6.07) is 7.02. The minimum atomic E-state index is -1.25. The molecule has 1 aromatic carbocycles. The second kappa shape index (κ2) is 5.35. The zero-order valence-corrected chi connectivity index (χ0v) is 12.1. The Morgan fingerprint density at radius 2 is 1.83 bits per heavy atom. The Hall–Kier alpha value is -0.320. The van der Waals surface area contributed by atoms with Crippen molar-refractivity contribution in [2.45, 2.75) is 25.6 Å². The Balaban J connectivity index is 0.00000162. The van der Waals surface area contributed by atoms with E-state index in [1.54, 1.807) is 24.3 Å². The number of hydrogen-bond acceptors (Lipinski definition) is 3. The van der Waals surface area contributed by atoms with Gasteiger partial charge in [0.25, 0.3) is 0 Å². The smallest absolute Gasteiger partial charge is 0.123 e. The summed E-state index contributed by atoms with van der Waals surface area (Å²) in [5, 5.41) is 24.8. The van der Waals surface area contributed by atoms with Gasteiger partial charge in [0.1, 0.15) is 5.60 Å². The molecule has 1 saturated heterocycles. The Kier molecular flexibility index (Phi) is 4.68. The van der Waals surface area contributed by atoms with E-state index in [9.17, 15) is 10.2 Å². The van der Waals surface area contributed by atoms with Gasteiger partial charge in [-0.25, -0.2) is 0 Å². The number of rotatable bonds is 1. The molecule has 2 atom stereocenters. The third kappa shape index (κ3) is 2.38. The van der Waals surface area contributed by atoms with Crippen LogP contribution in [0.1, 0.15) is 19.4 Å². The summed E-state index contributed by atoms with van der Waals surface area (Å²) in [7, 11) is 0. The molecule has 2 unspecified atom stereocenters. The van der Waals surface area contributed by atoms with Crippen LogP contribution in [0.25, 0.3) is 0 Å². The van der Waals surface area contributed by atoms with Gasteiger partial charge in [0, 0.05) is 23.5 Å². The van der Waals surface area contributed by atoms with Gasteiger partial charge < -0.3 is 15.5 Å². The van der Waals surface area contributed by atoms with Crippen LogP contribution < -0.4 is 5.32 Å². The molecule has 102 valence electrons. The van der Waals surface area contributed by atoms with Crippen LogP contribution in [-0.4, -0.2) is 29.4 Å². The van der Waals surface area contributed by atoms with Crippen molar-refractivity contribution >= 4 is 24.0 Å². The van der Waals surface area contributed by atoms with Crippen molar-refractivity contribution in [1.29, 1.82) is 0 Å². The Bertz CT molecular complexity index is 408. The number of nitrogens with one attached hydrogen (secondary N) is 1. The fourth-order valence-electron chi connectivity index (χ4n) is 2.54. The average Bonchev–Trinajstić information content (AvgIpc) is 2.26. The highest BCUT2D eigenvalue weighted by atomic mass is 35.5. The van der Waals surface area contributed by atoms with Gasteiger partial charge in [0.05, 0.1) is 6.10 Å². The topological polar surface area (TPSA) is 52.5 Å². The van der Waals surface area contributed by atoms with Crippen LogP contribution in [0, 0.1) is 5.41 Å². The zero-order valence-electron chi connectivity index (χ0n) is 10.5. The second-order valence-electron chi connectivity index (χ2n) is 5.30. The summed E-state index contributed by atoms with van der Waals surface area (Å²) in [6.07, 6.45) is -0.826. The molecule has 1 aromatic rings. The lowest BCUT2D eigenvalue weighted by Crippen LogP contribution is -2.62. The van der Waals surface area contributed by atoms with Crippen molar-refractivity contribution in [3.8, 4) is 0 Å². The zero-order chi connectivity index (χ0) is 12.7. The van der Waals surface area contributed by atoms with E-state index in [0.29, 0.717) is 23.7 Å². The average molecular weight is 292 g/mol. The van der Waals surface area contributed by atoms with E-state index in [1.165, 1.54) is 0 Å². The summed E-state index contributed by atoms with van der Waals surface area (Å²) in [6.45, 7) is 4.93. The number of aliphatic hydroxyl groups is 2. The maximum absolute atomic E-state index is 10.9. The first-order valence-corrected chi connectivity index (χ1v) is 6.13. The lowest BCUT2D eigenvalue weighted by Gasteiger charge is -2.50. The standard InChI is InChI=1S/C13H18ClNO2.ClH/c1-12(2)8-15-7-11(16)13(12,17)9-3-5-10(14)6-4-9;/h3-6,11,15-17H,7-8H2,1-2H3;1H. The number of benzene rings is 1. The SMILES string of the molecule is CC1(C)CNCC(O)C1(O)c1ccc(Cl)cc1.Cl. The second-order valence-corrected chi connectivity index (χ2v) is 5.74. The number of aliphatic hydroxyl groups excluding tert-OH is 1. The lowest BCUT2D eigenvalue weighted by molar-refractivity contribution is -0.170. The third-order valence-corrected chi connectivity index (χ3v) is 3.95. The van der Waals surface area contributed by atoms with E-state index in [4.69, 9.17) is 11.6 Å². The molecule has 5 heteroatoms. The van der Waals surface area contributed by atoms with Crippen molar-refractivity contribution in [3.05, 3.63) is 34.9 Å². The highest BCUT2D eigenvalue weighted by molar-refractivity contribution is 6.30.